The lowest BCUT2D eigenvalue weighted by Gasteiger charge is -2.14. The summed E-state index contributed by atoms with van der Waals surface area (Å²) in [5.41, 5.74) is 1.84. The first kappa shape index (κ1) is 21.1. The van der Waals surface area contributed by atoms with Crippen LogP contribution < -0.4 is 9.75 Å². The average Bonchev–Trinajstić information content (AvgIpc) is 3.18. The van der Waals surface area contributed by atoms with E-state index in [2.05, 4.69) is 26.0 Å². The molecule has 0 radical (unpaired) electrons. The molecule has 1 heterocycles. The number of nitrogens with zero attached hydrogens (tertiary/aromatic N) is 3. The van der Waals surface area contributed by atoms with Gasteiger partial charge in [0.05, 0.1) is 23.0 Å². The van der Waals surface area contributed by atoms with Crippen molar-refractivity contribution in [3.63, 3.8) is 0 Å². The number of ether oxygens (including phenoxy) is 1. The number of aromatic nitrogens is 1. The molecule has 0 aliphatic carbocycles. The normalized spacial score (nSPS) is 11.2. The number of fused-ring (bicyclic) bond motifs is 1. The van der Waals surface area contributed by atoms with Crippen LogP contribution in [0.3, 0.4) is 0 Å². The van der Waals surface area contributed by atoms with E-state index in [9.17, 15) is 9.18 Å². The number of amides is 1. The van der Waals surface area contributed by atoms with E-state index >= 15 is 0 Å². The molecular weight excluding hydrogens is 481 g/mol. The number of carbonyl (C=O) groups excluding carboxylic acids is 1. The molecule has 31 heavy (non-hydrogen) atoms. The van der Waals surface area contributed by atoms with Crippen molar-refractivity contribution in [1.82, 2.24) is 4.98 Å². The molecule has 1 amide bonds. The lowest BCUT2D eigenvalue weighted by Crippen LogP contribution is -2.25. The minimum atomic E-state index is -0.356. The first-order valence-corrected chi connectivity index (χ1v) is 11.1. The van der Waals surface area contributed by atoms with Gasteiger partial charge in [0.25, 0.3) is 5.91 Å². The summed E-state index contributed by atoms with van der Waals surface area (Å²) < 4.78 is 20.5. The van der Waals surface area contributed by atoms with Crippen LogP contribution in [-0.4, -0.2) is 23.7 Å². The smallest absolute Gasteiger partial charge is 0.280 e. The molecular formula is C23H17BrFN3O2S. The molecule has 0 fully saturated rings. The van der Waals surface area contributed by atoms with Crippen LogP contribution in [0.4, 0.5) is 9.52 Å². The third-order valence-electron chi connectivity index (χ3n) is 4.30. The number of halogens is 2. The van der Waals surface area contributed by atoms with E-state index < -0.39 is 0 Å². The fourth-order valence-corrected chi connectivity index (χ4v) is 4.20. The van der Waals surface area contributed by atoms with E-state index in [4.69, 9.17) is 4.74 Å². The van der Waals surface area contributed by atoms with Gasteiger partial charge in [0, 0.05) is 10.0 Å². The molecule has 0 aliphatic rings. The van der Waals surface area contributed by atoms with Crippen molar-refractivity contribution in [2.45, 2.75) is 6.92 Å². The second-order valence-corrected chi connectivity index (χ2v) is 8.41. The Balaban J connectivity index is 1.71. The lowest BCUT2D eigenvalue weighted by molar-refractivity contribution is 0.0988. The van der Waals surface area contributed by atoms with Crippen molar-refractivity contribution in [3.8, 4) is 5.75 Å². The SMILES string of the molecule is CCOc1ccc(/C=N/N(C(=O)c2cccc(Br)c2)c2nc3ccc(F)cc3s2)cc1. The second kappa shape index (κ2) is 9.36. The van der Waals surface area contributed by atoms with Crippen LogP contribution in [-0.2, 0) is 0 Å². The minimum absolute atomic E-state index is 0.344. The number of hydrogen-bond acceptors (Lipinski definition) is 5. The topological polar surface area (TPSA) is 54.8 Å². The molecule has 4 aromatic rings. The Kier molecular flexibility index (Phi) is 6.39. The highest BCUT2D eigenvalue weighted by molar-refractivity contribution is 9.10. The maximum atomic E-state index is 13.6. The Bertz CT molecular complexity index is 1260. The van der Waals surface area contributed by atoms with Gasteiger partial charge in [0.2, 0.25) is 5.13 Å². The van der Waals surface area contributed by atoms with Crippen LogP contribution in [0, 0.1) is 5.82 Å². The van der Waals surface area contributed by atoms with Crippen LogP contribution in [0.1, 0.15) is 22.8 Å². The Hall–Kier alpha value is -3.10. The van der Waals surface area contributed by atoms with Crippen molar-refractivity contribution in [1.29, 1.82) is 0 Å². The molecule has 1 aromatic heterocycles. The Labute approximate surface area is 190 Å². The van der Waals surface area contributed by atoms with Crippen molar-refractivity contribution in [2.75, 3.05) is 11.6 Å². The molecule has 0 aliphatic heterocycles. The average molecular weight is 498 g/mol. The molecule has 156 valence electrons. The first-order chi connectivity index (χ1) is 15.0. The van der Waals surface area contributed by atoms with E-state index in [-0.39, 0.29) is 11.7 Å². The summed E-state index contributed by atoms with van der Waals surface area (Å²) in [7, 11) is 0. The van der Waals surface area contributed by atoms with Gasteiger partial charge in [-0.3, -0.25) is 4.79 Å². The van der Waals surface area contributed by atoms with E-state index in [0.29, 0.717) is 27.5 Å². The van der Waals surface area contributed by atoms with E-state index in [1.165, 1.54) is 28.5 Å². The Morgan fingerprint density at radius 1 is 1.19 bits per heavy atom. The number of carbonyl (C=O) groups is 1. The van der Waals surface area contributed by atoms with Gasteiger partial charge < -0.3 is 4.74 Å². The summed E-state index contributed by atoms with van der Waals surface area (Å²) in [6.45, 7) is 2.51. The molecule has 0 unspecified atom stereocenters. The van der Waals surface area contributed by atoms with Crippen LogP contribution in [0.2, 0.25) is 0 Å². The summed E-state index contributed by atoms with van der Waals surface area (Å²) in [5.74, 6) is 0.0587. The summed E-state index contributed by atoms with van der Waals surface area (Å²) in [6.07, 6.45) is 1.58. The summed E-state index contributed by atoms with van der Waals surface area (Å²) in [6, 6.07) is 18.7. The number of rotatable bonds is 6. The van der Waals surface area contributed by atoms with Gasteiger partial charge in [0.1, 0.15) is 11.6 Å². The highest BCUT2D eigenvalue weighted by Crippen LogP contribution is 2.31. The molecule has 0 saturated carbocycles. The minimum Gasteiger partial charge on any atom is -0.494 e. The third kappa shape index (κ3) is 4.98. The first-order valence-electron chi connectivity index (χ1n) is 9.46. The number of anilines is 1. The standard InChI is InChI=1S/C23H17BrFN3O2S/c1-2-30-19-9-6-15(7-10-19)14-26-28(22(29)16-4-3-5-17(24)12-16)23-27-20-11-8-18(25)13-21(20)31-23/h3-14H,2H2,1H3/b26-14+. The van der Waals surface area contributed by atoms with Crippen molar-refractivity contribution in [2.24, 2.45) is 5.10 Å². The number of thiazole rings is 1. The second-order valence-electron chi connectivity index (χ2n) is 6.48. The predicted octanol–water partition coefficient (Wildman–Crippen LogP) is 6.28. The van der Waals surface area contributed by atoms with Gasteiger partial charge in [0.15, 0.2) is 0 Å². The lowest BCUT2D eigenvalue weighted by atomic mass is 10.2. The van der Waals surface area contributed by atoms with Gasteiger partial charge in [-0.1, -0.05) is 33.3 Å². The fraction of sp³-hybridized carbons (Fsp3) is 0.0870. The van der Waals surface area contributed by atoms with Gasteiger partial charge in [-0.25, -0.2) is 9.37 Å². The van der Waals surface area contributed by atoms with Gasteiger partial charge in [-0.2, -0.15) is 10.1 Å². The highest BCUT2D eigenvalue weighted by atomic mass is 79.9. The largest absolute Gasteiger partial charge is 0.494 e. The zero-order chi connectivity index (χ0) is 21.8. The fourth-order valence-electron chi connectivity index (χ4n) is 2.85. The third-order valence-corrected chi connectivity index (χ3v) is 5.78. The zero-order valence-electron chi connectivity index (χ0n) is 16.5. The number of hydrazone groups is 1. The van der Waals surface area contributed by atoms with Gasteiger partial charge in [-0.05, 0) is 73.2 Å². The van der Waals surface area contributed by atoms with Crippen LogP contribution in [0.15, 0.2) is 76.3 Å². The molecule has 0 saturated heterocycles. The summed E-state index contributed by atoms with van der Waals surface area (Å²) in [4.78, 5) is 17.8. The Morgan fingerprint density at radius 3 is 2.74 bits per heavy atom. The van der Waals surface area contributed by atoms with E-state index in [0.717, 1.165) is 15.8 Å². The number of hydrogen-bond donors (Lipinski definition) is 0. The Morgan fingerprint density at radius 2 is 2.00 bits per heavy atom. The van der Waals surface area contributed by atoms with Gasteiger partial charge >= 0.3 is 0 Å². The molecule has 4 rings (SSSR count). The quantitative estimate of drug-likeness (QED) is 0.232. The zero-order valence-corrected chi connectivity index (χ0v) is 18.9. The molecule has 5 nitrogen and oxygen atoms in total. The summed E-state index contributed by atoms with van der Waals surface area (Å²) >= 11 is 4.59. The van der Waals surface area contributed by atoms with Crippen LogP contribution in [0.5, 0.6) is 5.75 Å². The monoisotopic (exact) mass is 497 g/mol. The predicted molar refractivity (Wildman–Crippen MR) is 126 cm³/mol. The maximum absolute atomic E-state index is 13.6. The summed E-state index contributed by atoms with van der Waals surface area (Å²) in [5, 5.41) is 6.01. The highest BCUT2D eigenvalue weighted by Gasteiger charge is 2.21. The molecule has 3 aromatic carbocycles. The van der Waals surface area contributed by atoms with Crippen molar-refractivity contribution < 1.29 is 13.9 Å². The molecule has 0 spiro atoms. The molecule has 8 heteroatoms. The molecule has 0 atom stereocenters. The number of benzene rings is 3. The molecule has 0 bridgehead atoms. The van der Waals surface area contributed by atoms with Crippen molar-refractivity contribution >= 4 is 54.7 Å². The van der Waals surface area contributed by atoms with E-state index in [1.54, 1.807) is 30.5 Å². The molecule has 0 N–H and O–H groups in total. The van der Waals surface area contributed by atoms with E-state index in [1.807, 2.05) is 37.3 Å². The van der Waals surface area contributed by atoms with Crippen molar-refractivity contribution in [3.05, 3.63) is 88.1 Å². The van der Waals surface area contributed by atoms with Gasteiger partial charge in [-0.15, -0.1) is 0 Å². The van der Waals surface area contributed by atoms with Crippen LogP contribution in [0.25, 0.3) is 10.2 Å². The van der Waals surface area contributed by atoms with Crippen LogP contribution >= 0.6 is 27.3 Å². The maximum Gasteiger partial charge on any atom is 0.280 e.